The van der Waals surface area contributed by atoms with Gasteiger partial charge in [0.05, 0.1) is 50.3 Å². The highest BCUT2D eigenvalue weighted by Gasteiger charge is 2.20. The molecule has 0 saturated carbocycles. The van der Waals surface area contributed by atoms with Crippen LogP contribution in [0.15, 0.2) is 54.6 Å². The molecule has 23 heteroatoms. The van der Waals surface area contributed by atoms with Gasteiger partial charge in [-0.2, -0.15) is 0 Å². The first kappa shape index (κ1) is 68.7. The number of ether oxygens (including phenoxy) is 2. The van der Waals surface area contributed by atoms with Crippen molar-refractivity contribution in [2.75, 3.05) is 211 Å². The summed E-state index contributed by atoms with van der Waals surface area (Å²) in [7, 11) is 2.71. The van der Waals surface area contributed by atoms with E-state index in [1.807, 2.05) is 18.2 Å². The average Bonchev–Trinajstić information content (AvgIpc) is 3.55. The monoisotopic (exact) mass is 1180 g/mol. The van der Waals surface area contributed by atoms with Crippen molar-refractivity contribution in [3.05, 3.63) is 88.8 Å². The van der Waals surface area contributed by atoms with Crippen LogP contribution >= 0.6 is 11.6 Å². The molecule has 6 unspecified atom stereocenters. The lowest BCUT2D eigenvalue weighted by Gasteiger charge is -2.33. The highest BCUT2D eigenvalue weighted by Crippen LogP contribution is 2.12. The number of hydrogen-bond donors (Lipinski definition) is 5. The fraction of sp³-hybridized carbons (Fsp3) is 0.695. The van der Waals surface area contributed by atoms with E-state index in [9.17, 15) is 14.4 Å². The lowest BCUT2D eigenvalue weighted by molar-refractivity contribution is -0.654. The number of pyridine rings is 3. The molecule has 0 spiro atoms. The Hall–Kier alpha value is -4.04. The summed E-state index contributed by atoms with van der Waals surface area (Å²) in [6, 6.07) is 15.9. The topological polar surface area (TPSA) is 207 Å². The summed E-state index contributed by atoms with van der Waals surface area (Å²) in [6.07, 6.45) is 7.36. The third-order valence-corrected chi connectivity index (χ3v) is 16.0. The first-order valence-corrected chi connectivity index (χ1v) is 30.8. The molecule has 21 nitrogen and oxygen atoms in total. The molecule has 9 heterocycles. The Kier molecular flexibility index (Phi) is 34.4. The number of carbonyl (C=O) groups is 3. The Morgan fingerprint density at radius 3 is 1.26 bits per heavy atom. The van der Waals surface area contributed by atoms with Gasteiger partial charge in [-0.15, -0.1) is 11.6 Å². The summed E-state index contributed by atoms with van der Waals surface area (Å²) >= 11 is 5.53. The van der Waals surface area contributed by atoms with Crippen molar-refractivity contribution in [3.63, 3.8) is 0 Å². The molecule has 3 aromatic rings. The van der Waals surface area contributed by atoms with Crippen molar-refractivity contribution < 1.29 is 46.7 Å². The number of rotatable bonds is 8. The SMILES string of the molecule is C1CNCCN2CCCNCCN(C1)CC2.COC(=O)c1cccc(CCl)n1.COC(=O)c1cccc(CN2CCCN3CC[NH2+]CCCN(CC3)CC2)n1.O=C(O)c1cccc(CN2CCCN3CCNCCCN(CC3)CC2)n1.[Cl-]. The van der Waals surface area contributed by atoms with Crippen LogP contribution in [0.3, 0.4) is 0 Å². The van der Waals surface area contributed by atoms with E-state index in [4.69, 9.17) is 21.4 Å². The van der Waals surface area contributed by atoms with Gasteiger partial charge in [-0.05, 0) is 134 Å². The summed E-state index contributed by atoms with van der Waals surface area (Å²) < 4.78 is 9.29. The number of carboxylic acid groups (broad SMARTS) is 1. The highest BCUT2D eigenvalue weighted by molar-refractivity contribution is 6.16. The third-order valence-electron chi connectivity index (χ3n) is 15.7. The molecule has 3 aromatic heterocycles. The number of carbonyl (C=O) groups excluding carboxylic acids is 2. The minimum Gasteiger partial charge on any atom is -1.00 e. The number of nitrogens with two attached hydrogens (primary N) is 1. The number of quaternary nitrogens is 1. The minimum absolute atomic E-state index is 0. The van der Waals surface area contributed by atoms with Crippen LogP contribution in [-0.4, -0.2) is 288 Å². The molecule has 6 bridgehead atoms. The number of alkyl halides is 1. The summed E-state index contributed by atoms with van der Waals surface area (Å²) in [5.74, 6) is -1.48. The number of aromatic nitrogens is 3. The van der Waals surface area contributed by atoms with Gasteiger partial charge in [0.25, 0.3) is 0 Å². The van der Waals surface area contributed by atoms with E-state index in [0.717, 1.165) is 136 Å². The number of hydrogen-bond acceptors (Lipinski definition) is 19. The fourth-order valence-electron chi connectivity index (χ4n) is 11.0. The smallest absolute Gasteiger partial charge is 0.356 e. The Morgan fingerprint density at radius 2 is 0.817 bits per heavy atom. The average molecular weight is 1190 g/mol. The van der Waals surface area contributed by atoms with Crippen LogP contribution in [0.5, 0.6) is 0 Å². The number of esters is 2. The molecule has 6 aliphatic rings. The molecule has 9 rings (SSSR count). The number of nitrogens with one attached hydrogen (secondary N) is 3. The first-order valence-electron chi connectivity index (χ1n) is 30.2. The van der Waals surface area contributed by atoms with Gasteiger partial charge in [-0.25, -0.2) is 29.3 Å². The van der Waals surface area contributed by atoms with Gasteiger partial charge in [-0.1, -0.05) is 18.2 Å². The number of methoxy groups -OCH3 is 2. The lowest BCUT2D eigenvalue weighted by Crippen LogP contribution is -3.00. The molecule has 0 radical (unpaired) electrons. The Bertz CT molecular complexity index is 2210. The van der Waals surface area contributed by atoms with E-state index < -0.39 is 11.9 Å². The summed E-state index contributed by atoms with van der Waals surface area (Å²) in [5, 5.41) is 22.2. The van der Waals surface area contributed by atoms with Crippen LogP contribution < -0.4 is 33.7 Å². The molecule has 82 heavy (non-hydrogen) atoms. The highest BCUT2D eigenvalue weighted by atomic mass is 35.5. The van der Waals surface area contributed by atoms with Crippen LogP contribution in [0.2, 0.25) is 0 Å². The first-order chi connectivity index (χ1) is 39.7. The van der Waals surface area contributed by atoms with E-state index in [0.29, 0.717) is 17.3 Å². The molecular formula is C59H99Cl2N15O6. The number of fused-ring (bicyclic) bond motifs is 9. The Morgan fingerprint density at radius 1 is 0.451 bits per heavy atom. The van der Waals surface area contributed by atoms with Crippen LogP contribution in [-0.2, 0) is 28.4 Å². The number of aromatic carboxylic acids is 1. The molecule has 6 N–H and O–H groups in total. The molecule has 0 amide bonds. The van der Waals surface area contributed by atoms with Crippen molar-refractivity contribution >= 4 is 29.5 Å². The maximum absolute atomic E-state index is 11.7. The normalized spacial score (nSPS) is 24.9. The second-order valence-electron chi connectivity index (χ2n) is 21.8. The van der Waals surface area contributed by atoms with Gasteiger partial charge in [0.2, 0.25) is 0 Å². The zero-order valence-electron chi connectivity index (χ0n) is 49.5. The van der Waals surface area contributed by atoms with Crippen molar-refractivity contribution in [1.82, 2.24) is 70.1 Å². The molecule has 6 saturated heterocycles. The zero-order chi connectivity index (χ0) is 57.1. The van der Waals surface area contributed by atoms with Crippen LogP contribution in [0.4, 0.5) is 0 Å². The largest absolute Gasteiger partial charge is 1.00 e. The van der Waals surface area contributed by atoms with E-state index in [1.165, 1.54) is 138 Å². The summed E-state index contributed by atoms with van der Waals surface area (Å²) in [6.45, 7) is 36.1. The molecule has 0 aliphatic carbocycles. The molecule has 460 valence electrons. The number of nitrogens with zero attached hydrogens (tertiary/aromatic N) is 11. The maximum atomic E-state index is 11.7. The molecule has 0 aromatic carbocycles. The van der Waals surface area contributed by atoms with Crippen LogP contribution in [0.25, 0.3) is 0 Å². The van der Waals surface area contributed by atoms with Gasteiger partial charge in [0.15, 0.2) is 0 Å². The zero-order valence-corrected chi connectivity index (χ0v) is 51.0. The summed E-state index contributed by atoms with van der Waals surface area (Å²) in [4.78, 5) is 67.1. The second-order valence-corrected chi connectivity index (χ2v) is 22.1. The lowest BCUT2D eigenvalue weighted by atomic mass is 10.2. The number of carboxylic acids is 1. The fourth-order valence-corrected chi connectivity index (χ4v) is 11.1. The second kappa shape index (κ2) is 41.1. The molecule has 6 fully saturated rings. The predicted octanol–water partition coefficient (Wildman–Crippen LogP) is -1.58. The van der Waals surface area contributed by atoms with Gasteiger partial charge < -0.3 is 72.8 Å². The van der Waals surface area contributed by atoms with Crippen molar-refractivity contribution in [2.24, 2.45) is 0 Å². The maximum Gasteiger partial charge on any atom is 0.356 e. The third kappa shape index (κ3) is 27.3. The summed E-state index contributed by atoms with van der Waals surface area (Å²) in [5.41, 5.74) is 3.26. The van der Waals surface area contributed by atoms with Crippen molar-refractivity contribution in [2.45, 2.75) is 57.5 Å². The van der Waals surface area contributed by atoms with E-state index >= 15 is 0 Å². The Labute approximate surface area is 500 Å². The quantitative estimate of drug-likeness (QED) is 0.128. The standard InChI is InChI=1S/C20H33N5O2.C19H31N5O2.C12H26N4.C8H8ClNO2.ClH/c1-27-20(26)19-6-2-5-18(22-19)17-25-11-4-10-23-12-8-21-7-3-9-24(14-13-23)15-16-25;25-19(26)18-5-1-4-17(21-18)16-24-10-3-9-22-11-7-20-6-2-8-23(13-12-22)14-15-24;1-3-13-5-10-16-8-2-4-14-6-9-15(7-1)11-12-16;1-12-8(11)7-4-2-3-6(5-9)10-7;/h2,5-6,21H,3-4,7-17H2,1H3;1,4-5,20H,2-3,6-16H2,(H,25,26);13-14H,1-12H2;2-4H,5H2,1H3;1H. The molecular weight excluding hydrogens is 1090 g/mol. The van der Waals surface area contributed by atoms with E-state index in [1.54, 1.807) is 36.4 Å². The van der Waals surface area contributed by atoms with Gasteiger partial charge >= 0.3 is 17.9 Å². The van der Waals surface area contributed by atoms with Crippen molar-refractivity contribution in [3.8, 4) is 0 Å². The number of halogens is 2. The predicted molar refractivity (Wildman–Crippen MR) is 319 cm³/mol. The van der Waals surface area contributed by atoms with Gasteiger partial charge in [-0.3, -0.25) is 14.7 Å². The van der Waals surface area contributed by atoms with Gasteiger partial charge in [0.1, 0.15) is 17.1 Å². The van der Waals surface area contributed by atoms with Crippen molar-refractivity contribution in [1.29, 1.82) is 0 Å². The van der Waals surface area contributed by atoms with Crippen LogP contribution in [0, 0.1) is 0 Å². The minimum atomic E-state index is -0.960. The van der Waals surface area contributed by atoms with Crippen LogP contribution in [0.1, 0.15) is 87.1 Å². The van der Waals surface area contributed by atoms with E-state index in [-0.39, 0.29) is 29.8 Å². The van der Waals surface area contributed by atoms with E-state index in [2.05, 4.69) is 80.2 Å². The Balaban J connectivity index is 0.000000209. The molecule has 6 aliphatic heterocycles. The molecule has 6 atom stereocenters. The van der Waals surface area contributed by atoms with Gasteiger partial charge in [0, 0.05) is 137 Å².